The Morgan fingerprint density at radius 2 is 1.86 bits per heavy atom. The number of nitrogens with one attached hydrogen (secondary N) is 4. The molecule has 0 bridgehead atoms. The SMILES string of the molecule is CC(C)OC(=O)N[C@H]1CC[C@H](c2ncc(-c3ccc(NC(=O)NCc4ccccc4)cc3S(=O)(=O)NC(C)(C)C)s2)OC1. The van der Waals surface area contributed by atoms with Crippen LogP contribution in [0.1, 0.15) is 64.1 Å². The van der Waals surface area contributed by atoms with E-state index >= 15 is 0 Å². The van der Waals surface area contributed by atoms with E-state index in [1.54, 1.807) is 52.9 Å². The van der Waals surface area contributed by atoms with E-state index in [0.717, 1.165) is 5.56 Å². The molecule has 43 heavy (non-hydrogen) atoms. The number of aromatic nitrogens is 1. The van der Waals surface area contributed by atoms with E-state index in [9.17, 15) is 18.0 Å². The van der Waals surface area contributed by atoms with E-state index in [0.29, 0.717) is 47.1 Å². The minimum atomic E-state index is -3.98. The molecule has 2 aromatic carbocycles. The monoisotopic (exact) mass is 629 g/mol. The minimum absolute atomic E-state index is 0.0241. The average molecular weight is 630 g/mol. The van der Waals surface area contributed by atoms with Crippen molar-refractivity contribution in [2.45, 2.75) is 82.7 Å². The fourth-order valence-corrected chi connectivity index (χ4v) is 7.25. The van der Waals surface area contributed by atoms with Crippen LogP contribution < -0.4 is 20.7 Å². The van der Waals surface area contributed by atoms with Gasteiger partial charge < -0.3 is 25.4 Å². The lowest BCUT2D eigenvalue weighted by Crippen LogP contribution is -2.42. The highest BCUT2D eigenvalue weighted by molar-refractivity contribution is 7.89. The third-order valence-corrected chi connectivity index (χ3v) is 9.19. The molecule has 2 heterocycles. The number of sulfonamides is 1. The summed E-state index contributed by atoms with van der Waals surface area (Å²) in [5.74, 6) is 0. The number of hydrogen-bond donors (Lipinski definition) is 4. The van der Waals surface area contributed by atoms with E-state index in [1.807, 2.05) is 30.3 Å². The fourth-order valence-electron chi connectivity index (χ4n) is 4.47. The van der Waals surface area contributed by atoms with E-state index < -0.39 is 27.7 Å². The van der Waals surface area contributed by atoms with Crippen molar-refractivity contribution in [2.24, 2.45) is 0 Å². The van der Waals surface area contributed by atoms with Gasteiger partial charge >= 0.3 is 12.1 Å². The third kappa shape index (κ3) is 9.48. The van der Waals surface area contributed by atoms with Crippen molar-refractivity contribution < 1.29 is 27.5 Å². The molecule has 3 aromatic rings. The van der Waals surface area contributed by atoms with E-state index in [2.05, 4.69) is 25.7 Å². The number of thiazole rings is 1. The second-order valence-electron chi connectivity index (χ2n) is 11.6. The van der Waals surface area contributed by atoms with Gasteiger partial charge in [0.2, 0.25) is 10.0 Å². The fraction of sp³-hybridized carbons (Fsp3) is 0.433. The molecule has 4 rings (SSSR count). The molecule has 0 spiro atoms. The molecule has 4 N–H and O–H groups in total. The lowest BCUT2D eigenvalue weighted by atomic mass is 10.1. The molecular weight excluding hydrogens is 590 g/mol. The first-order chi connectivity index (χ1) is 20.3. The maximum Gasteiger partial charge on any atom is 0.407 e. The van der Waals surface area contributed by atoms with E-state index in [1.165, 1.54) is 17.4 Å². The molecule has 1 fully saturated rings. The molecule has 0 aliphatic carbocycles. The molecule has 11 nitrogen and oxygen atoms in total. The van der Waals surface area contributed by atoms with Crippen molar-refractivity contribution in [3.8, 4) is 10.4 Å². The molecule has 0 radical (unpaired) electrons. The first-order valence-corrected chi connectivity index (χ1v) is 16.4. The van der Waals surface area contributed by atoms with Gasteiger partial charge in [-0.2, -0.15) is 0 Å². The zero-order chi connectivity index (χ0) is 31.2. The normalized spacial score (nSPS) is 17.3. The Hall–Kier alpha value is -3.52. The Bertz CT molecular complexity index is 1510. The minimum Gasteiger partial charge on any atom is -0.447 e. The van der Waals surface area contributed by atoms with Crippen LogP contribution in [0.25, 0.3) is 10.4 Å². The Morgan fingerprint density at radius 3 is 2.51 bits per heavy atom. The number of carbonyl (C=O) groups excluding carboxylic acids is 2. The predicted molar refractivity (Wildman–Crippen MR) is 166 cm³/mol. The molecule has 0 saturated carbocycles. The van der Waals surface area contributed by atoms with Crippen molar-refractivity contribution in [3.63, 3.8) is 0 Å². The van der Waals surface area contributed by atoms with Gasteiger partial charge in [-0.05, 0) is 65.2 Å². The van der Waals surface area contributed by atoms with Crippen molar-refractivity contribution in [2.75, 3.05) is 11.9 Å². The summed E-state index contributed by atoms with van der Waals surface area (Å²) >= 11 is 1.35. The molecule has 1 aliphatic rings. The van der Waals surface area contributed by atoms with Crippen LogP contribution in [-0.2, 0) is 26.0 Å². The van der Waals surface area contributed by atoms with Crippen LogP contribution in [0.4, 0.5) is 15.3 Å². The summed E-state index contributed by atoms with van der Waals surface area (Å²) in [4.78, 5) is 29.7. The topological polar surface area (TPSA) is 148 Å². The van der Waals surface area contributed by atoms with Crippen LogP contribution in [0.5, 0.6) is 0 Å². The van der Waals surface area contributed by atoms with Crippen LogP contribution in [0.15, 0.2) is 59.6 Å². The number of carbonyl (C=O) groups is 2. The van der Waals surface area contributed by atoms with Crippen LogP contribution in [0.3, 0.4) is 0 Å². The molecule has 3 amide bonds. The Balaban J connectivity index is 1.50. The van der Waals surface area contributed by atoms with Crippen molar-refractivity contribution in [3.05, 3.63) is 65.3 Å². The third-order valence-electron chi connectivity index (χ3n) is 6.27. The van der Waals surface area contributed by atoms with Gasteiger partial charge in [-0.3, -0.25) is 0 Å². The number of anilines is 1. The molecule has 232 valence electrons. The van der Waals surface area contributed by atoms with Crippen molar-refractivity contribution in [1.82, 2.24) is 20.3 Å². The Morgan fingerprint density at radius 1 is 1.12 bits per heavy atom. The molecule has 2 atom stereocenters. The summed E-state index contributed by atoms with van der Waals surface area (Å²) in [5, 5.41) is 9.06. The number of urea groups is 1. The Kier molecular flexibility index (Phi) is 10.4. The van der Waals surface area contributed by atoms with Crippen molar-refractivity contribution >= 4 is 39.2 Å². The van der Waals surface area contributed by atoms with Gasteiger partial charge in [0.05, 0.1) is 28.5 Å². The van der Waals surface area contributed by atoms with Gasteiger partial charge in [0.25, 0.3) is 0 Å². The maximum absolute atomic E-state index is 13.6. The number of hydrogen-bond acceptors (Lipinski definition) is 8. The zero-order valence-electron chi connectivity index (χ0n) is 25.0. The maximum atomic E-state index is 13.6. The standard InChI is InChI=1S/C30H39N5O6S2/c1-19(2)41-29(37)34-22-12-14-24(40-18-22)27-31-17-25(42-27)23-13-11-21(15-26(23)43(38,39)35-30(3,4)5)33-28(36)32-16-20-9-7-6-8-10-20/h6-11,13,15,17,19,22,24,35H,12,14,16,18H2,1-5H3,(H,34,37)(H2,32,33,36)/t22-,24+/m0/s1. The van der Waals surface area contributed by atoms with Gasteiger partial charge in [-0.15, -0.1) is 11.3 Å². The summed E-state index contributed by atoms with van der Waals surface area (Å²) < 4.78 is 41.0. The quantitative estimate of drug-likeness (QED) is 0.242. The molecule has 13 heteroatoms. The summed E-state index contributed by atoms with van der Waals surface area (Å²) in [6.45, 7) is 9.51. The van der Waals surface area contributed by atoms with Gasteiger partial charge in [0, 0.05) is 29.5 Å². The lowest BCUT2D eigenvalue weighted by molar-refractivity contribution is -0.00533. The summed E-state index contributed by atoms with van der Waals surface area (Å²) in [7, 11) is -3.98. The molecule has 1 aliphatic heterocycles. The van der Waals surface area contributed by atoms with Gasteiger partial charge in [-0.25, -0.2) is 27.7 Å². The van der Waals surface area contributed by atoms with Crippen LogP contribution >= 0.6 is 11.3 Å². The number of benzene rings is 2. The number of amides is 3. The molecule has 0 unspecified atom stereocenters. The zero-order valence-corrected chi connectivity index (χ0v) is 26.6. The molecular formula is C30H39N5O6S2. The van der Waals surface area contributed by atoms with Crippen LogP contribution in [0, 0.1) is 0 Å². The first kappa shape index (κ1) is 32.4. The smallest absolute Gasteiger partial charge is 0.407 e. The highest BCUT2D eigenvalue weighted by Crippen LogP contribution is 2.38. The van der Waals surface area contributed by atoms with Crippen LogP contribution in [-0.4, -0.2) is 49.8 Å². The second kappa shape index (κ2) is 13.8. The number of nitrogens with zero attached hydrogens (tertiary/aromatic N) is 1. The highest BCUT2D eigenvalue weighted by atomic mass is 32.2. The molecule has 1 aromatic heterocycles. The summed E-state index contributed by atoms with van der Waals surface area (Å²) in [5.41, 5.74) is 1.00. The predicted octanol–water partition coefficient (Wildman–Crippen LogP) is 5.56. The number of ether oxygens (including phenoxy) is 2. The average Bonchev–Trinajstić information content (AvgIpc) is 3.41. The van der Waals surface area contributed by atoms with E-state index in [-0.39, 0.29) is 23.1 Å². The summed E-state index contributed by atoms with van der Waals surface area (Å²) in [6, 6.07) is 13.6. The second-order valence-corrected chi connectivity index (χ2v) is 14.3. The first-order valence-electron chi connectivity index (χ1n) is 14.1. The van der Waals surface area contributed by atoms with Crippen LogP contribution in [0.2, 0.25) is 0 Å². The molecule has 1 saturated heterocycles. The number of rotatable bonds is 9. The Labute approximate surface area is 256 Å². The largest absolute Gasteiger partial charge is 0.447 e. The van der Waals surface area contributed by atoms with Gasteiger partial charge in [-0.1, -0.05) is 36.4 Å². The van der Waals surface area contributed by atoms with Gasteiger partial charge in [0.1, 0.15) is 11.1 Å². The summed E-state index contributed by atoms with van der Waals surface area (Å²) in [6.07, 6.45) is 2.01. The highest BCUT2D eigenvalue weighted by Gasteiger charge is 2.29. The number of alkyl carbamates (subject to hydrolysis) is 1. The van der Waals surface area contributed by atoms with Crippen molar-refractivity contribution in [1.29, 1.82) is 0 Å². The van der Waals surface area contributed by atoms with E-state index in [4.69, 9.17) is 9.47 Å². The lowest BCUT2D eigenvalue weighted by Gasteiger charge is -2.28. The van der Waals surface area contributed by atoms with Gasteiger partial charge in [0.15, 0.2) is 0 Å².